The van der Waals surface area contributed by atoms with Crippen LogP contribution in [0.15, 0.2) is 36.4 Å². The van der Waals surface area contributed by atoms with Gasteiger partial charge in [-0.05, 0) is 37.6 Å². The minimum Gasteiger partial charge on any atom is -0.465 e. The molecule has 0 atom stereocenters. The van der Waals surface area contributed by atoms with Gasteiger partial charge in [0.2, 0.25) is 5.91 Å². The number of ether oxygens (including phenoxy) is 1. The van der Waals surface area contributed by atoms with Crippen molar-refractivity contribution in [1.82, 2.24) is 0 Å². The second-order valence-corrected chi connectivity index (χ2v) is 5.84. The van der Waals surface area contributed by atoms with Crippen molar-refractivity contribution in [3.05, 3.63) is 63.7 Å². The van der Waals surface area contributed by atoms with E-state index < -0.39 is 5.97 Å². The van der Waals surface area contributed by atoms with Gasteiger partial charge < -0.3 is 10.1 Å². The second kappa shape index (κ2) is 7.29. The van der Waals surface area contributed by atoms with E-state index in [-0.39, 0.29) is 17.9 Å². The number of methoxy groups -OCH3 is 1. The van der Waals surface area contributed by atoms with Gasteiger partial charge in [-0.3, -0.25) is 4.79 Å². The number of benzene rings is 2. The van der Waals surface area contributed by atoms with Gasteiger partial charge in [-0.2, -0.15) is 0 Å². The van der Waals surface area contributed by atoms with E-state index in [1.165, 1.54) is 19.2 Å². The van der Waals surface area contributed by atoms with Crippen molar-refractivity contribution in [2.45, 2.75) is 20.3 Å². The lowest BCUT2D eigenvalue weighted by molar-refractivity contribution is -0.115. The van der Waals surface area contributed by atoms with Gasteiger partial charge in [0.25, 0.3) is 0 Å². The zero-order valence-corrected chi connectivity index (χ0v) is 14.0. The Morgan fingerprint density at radius 3 is 2.35 bits per heavy atom. The van der Waals surface area contributed by atoms with E-state index >= 15 is 0 Å². The summed E-state index contributed by atoms with van der Waals surface area (Å²) in [4.78, 5) is 24.0. The summed E-state index contributed by atoms with van der Waals surface area (Å²) in [6, 6.07) is 10.6. The number of hydrogen-bond donors (Lipinski definition) is 1. The molecule has 0 aliphatic carbocycles. The SMILES string of the molecule is COC(=O)c1ccc(Cl)cc1NC(=O)Cc1cc(C)cc(C)c1. The predicted octanol–water partition coefficient (Wildman–Crippen LogP) is 3.92. The molecule has 2 aromatic rings. The van der Waals surface area contributed by atoms with E-state index in [1.807, 2.05) is 32.0 Å². The number of nitrogens with one attached hydrogen (secondary N) is 1. The topological polar surface area (TPSA) is 55.4 Å². The Labute approximate surface area is 140 Å². The number of aryl methyl sites for hydroxylation is 2. The van der Waals surface area contributed by atoms with Crippen LogP contribution < -0.4 is 5.32 Å². The first kappa shape index (κ1) is 17.0. The van der Waals surface area contributed by atoms with Gasteiger partial charge in [0.1, 0.15) is 0 Å². The normalized spacial score (nSPS) is 10.3. The summed E-state index contributed by atoms with van der Waals surface area (Å²) in [6.07, 6.45) is 0.218. The third-order valence-corrected chi connectivity index (χ3v) is 3.54. The van der Waals surface area contributed by atoms with E-state index in [1.54, 1.807) is 6.07 Å². The third-order valence-electron chi connectivity index (χ3n) is 3.31. The maximum atomic E-state index is 12.3. The molecule has 0 unspecified atom stereocenters. The lowest BCUT2D eigenvalue weighted by Crippen LogP contribution is -2.17. The summed E-state index contributed by atoms with van der Waals surface area (Å²) in [7, 11) is 1.29. The maximum absolute atomic E-state index is 12.3. The molecule has 0 bridgehead atoms. The van der Waals surface area contributed by atoms with Crippen molar-refractivity contribution in [1.29, 1.82) is 0 Å². The lowest BCUT2D eigenvalue weighted by Gasteiger charge is -2.11. The van der Waals surface area contributed by atoms with Crippen molar-refractivity contribution >= 4 is 29.2 Å². The predicted molar refractivity (Wildman–Crippen MR) is 91.0 cm³/mol. The maximum Gasteiger partial charge on any atom is 0.339 e. The Kier molecular flexibility index (Phi) is 5.40. The van der Waals surface area contributed by atoms with Crippen LogP contribution in [0.3, 0.4) is 0 Å². The molecule has 5 heteroatoms. The minimum absolute atomic E-state index is 0.218. The van der Waals surface area contributed by atoms with Crippen LogP contribution in [0.2, 0.25) is 5.02 Å². The molecule has 0 fully saturated rings. The Balaban J connectivity index is 2.19. The van der Waals surface area contributed by atoms with Crippen molar-refractivity contribution in [2.75, 3.05) is 12.4 Å². The molecule has 2 aromatic carbocycles. The van der Waals surface area contributed by atoms with Crippen molar-refractivity contribution < 1.29 is 14.3 Å². The lowest BCUT2D eigenvalue weighted by atomic mass is 10.0. The average molecular weight is 332 g/mol. The highest BCUT2D eigenvalue weighted by Gasteiger charge is 2.15. The fraction of sp³-hybridized carbons (Fsp3) is 0.222. The number of esters is 1. The number of carbonyl (C=O) groups excluding carboxylic acids is 2. The Morgan fingerprint density at radius 2 is 1.74 bits per heavy atom. The Hall–Kier alpha value is -2.33. The summed E-state index contributed by atoms with van der Waals surface area (Å²) in [5.41, 5.74) is 3.74. The summed E-state index contributed by atoms with van der Waals surface area (Å²) in [5.74, 6) is -0.745. The fourth-order valence-electron chi connectivity index (χ4n) is 2.46. The highest BCUT2D eigenvalue weighted by atomic mass is 35.5. The largest absolute Gasteiger partial charge is 0.465 e. The quantitative estimate of drug-likeness (QED) is 0.864. The number of amides is 1. The molecule has 0 spiro atoms. The van der Waals surface area contributed by atoms with Crippen LogP contribution >= 0.6 is 11.6 Å². The monoisotopic (exact) mass is 331 g/mol. The molecule has 0 aliphatic rings. The number of rotatable bonds is 4. The molecule has 120 valence electrons. The zero-order valence-electron chi connectivity index (χ0n) is 13.3. The summed E-state index contributed by atoms with van der Waals surface area (Å²) >= 11 is 5.95. The Bertz CT molecular complexity index is 736. The van der Waals surface area contributed by atoms with E-state index in [9.17, 15) is 9.59 Å². The van der Waals surface area contributed by atoms with E-state index in [0.29, 0.717) is 10.7 Å². The molecular weight excluding hydrogens is 314 g/mol. The molecular formula is C18H18ClNO3. The van der Waals surface area contributed by atoms with Crippen LogP contribution in [-0.4, -0.2) is 19.0 Å². The van der Waals surface area contributed by atoms with E-state index in [0.717, 1.165) is 16.7 Å². The molecule has 2 rings (SSSR count). The van der Waals surface area contributed by atoms with Crippen LogP contribution in [0.1, 0.15) is 27.0 Å². The van der Waals surface area contributed by atoms with Gasteiger partial charge in [-0.25, -0.2) is 4.79 Å². The molecule has 1 amide bonds. The molecule has 0 saturated carbocycles. The van der Waals surface area contributed by atoms with Crippen LogP contribution in [0.4, 0.5) is 5.69 Å². The van der Waals surface area contributed by atoms with E-state index in [2.05, 4.69) is 5.32 Å². The second-order valence-electron chi connectivity index (χ2n) is 5.40. The zero-order chi connectivity index (χ0) is 17.0. The number of anilines is 1. The number of carbonyl (C=O) groups is 2. The third kappa shape index (κ3) is 4.57. The minimum atomic E-state index is -0.525. The average Bonchev–Trinajstić information content (AvgIpc) is 2.45. The number of hydrogen-bond acceptors (Lipinski definition) is 3. The molecule has 4 nitrogen and oxygen atoms in total. The van der Waals surface area contributed by atoms with Crippen molar-refractivity contribution in [3.8, 4) is 0 Å². The van der Waals surface area contributed by atoms with Crippen molar-refractivity contribution in [3.63, 3.8) is 0 Å². The Morgan fingerprint density at radius 1 is 1.09 bits per heavy atom. The molecule has 0 aromatic heterocycles. The summed E-state index contributed by atoms with van der Waals surface area (Å²) in [6.45, 7) is 3.97. The fourth-order valence-corrected chi connectivity index (χ4v) is 2.63. The number of halogens is 1. The summed E-state index contributed by atoms with van der Waals surface area (Å²) in [5, 5.41) is 3.16. The summed E-state index contributed by atoms with van der Waals surface area (Å²) < 4.78 is 4.71. The van der Waals surface area contributed by atoms with Gasteiger partial charge in [0.15, 0.2) is 0 Å². The first-order valence-electron chi connectivity index (χ1n) is 7.14. The van der Waals surface area contributed by atoms with Crippen LogP contribution in [0, 0.1) is 13.8 Å². The van der Waals surface area contributed by atoms with Crippen LogP contribution in [0.25, 0.3) is 0 Å². The first-order valence-corrected chi connectivity index (χ1v) is 7.51. The first-order chi connectivity index (χ1) is 10.9. The molecule has 0 saturated heterocycles. The molecule has 1 N–H and O–H groups in total. The molecule has 23 heavy (non-hydrogen) atoms. The standard InChI is InChI=1S/C18H18ClNO3/c1-11-6-12(2)8-13(7-11)9-17(21)20-16-10-14(19)4-5-15(16)18(22)23-3/h4-8,10H,9H2,1-3H3,(H,20,21). The van der Waals surface area contributed by atoms with Gasteiger partial charge in [-0.15, -0.1) is 0 Å². The highest BCUT2D eigenvalue weighted by Crippen LogP contribution is 2.22. The van der Waals surface area contributed by atoms with Crippen LogP contribution in [0.5, 0.6) is 0 Å². The smallest absolute Gasteiger partial charge is 0.339 e. The van der Waals surface area contributed by atoms with Gasteiger partial charge in [-0.1, -0.05) is 40.9 Å². The highest BCUT2D eigenvalue weighted by molar-refractivity contribution is 6.31. The van der Waals surface area contributed by atoms with Gasteiger partial charge in [0, 0.05) is 5.02 Å². The van der Waals surface area contributed by atoms with Crippen molar-refractivity contribution in [2.24, 2.45) is 0 Å². The van der Waals surface area contributed by atoms with E-state index in [4.69, 9.17) is 16.3 Å². The van der Waals surface area contributed by atoms with Gasteiger partial charge in [0.05, 0.1) is 24.8 Å². The van der Waals surface area contributed by atoms with Crippen LogP contribution in [-0.2, 0) is 16.0 Å². The molecule has 0 radical (unpaired) electrons. The molecule has 0 aliphatic heterocycles. The molecule has 0 heterocycles. The van der Waals surface area contributed by atoms with Gasteiger partial charge >= 0.3 is 5.97 Å².